The Bertz CT molecular complexity index is 985. The molecule has 0 saturated carbocycles. The Hall–Kier alpha value is -2.60. The number of nitrogens with zero attached hydrogens (tertiary/aromatic N) is 2. The van der Waals surface area contributed by atoms with Crippen LogP contribution in [0.25, 0.3) is 11.5 Å². The van der Waals surface area contributed by atoms with Crippen LogP contribution in [0.15, 0.2) is 58.2 Å². The van der Waals surface area contributed by atoms with Crippen molar-refractivity contribution in [1.82, 2.24) is 15.5 Å². The number of hydrogen-bond donors (Lipinski definition) is 1. The van der Waals surface area contributed by atoms with Crippen molar-refractivity contribution in [2.24, 2.45) is 0 Å². The van der Waals surface area contributed by atoms with E-state index in [9.17, 15) is 4.79 Å². The first-order valence-electron chi connectivity index (χ1n) is 9.55. The minimum absolute atomic E-state index is 0.0120. The molecule has 2 aromatic carbocycles. The number of benzene rings is 2. The highest BCUT2D eigenvalue weighted by molar-refractivity contribution is 8.00. The first kappa shape index (κ1) is 18.7. The molecule has 5 nitrogen and oxygen atoms in total. The lowest BCUT2D eigenvalue weighted by atomic mass is 9.88. The fourth-order valence-electron chi connectivity index (χ4n) is 3.55. The zero-order valence-electron chi connectivity index (χ0n) is 16.0. The van der Waals surface area contributed by atoms with Crippen molar-refractivity contribution in [2.75, 3.05) is 0 Å². The third-order valence-corrected chi connectivity index (χ3v) is 5.94. The fourth-order valence-corrected chi connectivity index (χ4v) is 4.24. The lowest BCUT2D eigenvalue weighted by molar-refractivity contribution is -0.121. The predicted octanol–water partition coefficient (Wildman–Crippen LogP) is 4.72. The van der Waals surface area contributed by atoms with Gasteiger partial charge in [0, 0.05) is 5.56 Å². The van der Waals surface area contributed by atoms with Gasteiger partial charge >= 0.3 is 0 Å². The van der Waals surface area contributed by atoms with Gasteiger partial charge in [-0.25, -0.2) is 0 Å². The van der Waals surface area contributed by atoms with Crippen LogP contribution in [0.3, 0.4) is 0 Å². The normalized spacial score (nSPS) is 17.0. The number of carbonyl (C=O) groups is 1. The third kappa shape index (κ3) is 4.12. The molecule has 28 heavy (non-hydrogen) atoms. The van der Waals surface area contributed by atoms with Gasteiger partial charge in [-0.1, -0.05) is 53.7 Å². The van der Waals surface area contributed by atoms with Crippen LogP contribution in [-0.2, 0) is 11.2 Å². The van der Waals surface area contributed by atoms with Crippen molar-refractivity contribution in [1.29, 1.82) is 0 Å². The Morgan fingerprint density at radius 2 is 2.07 bits per heavy atom. The van der Waals surface area contributed by atoms with Crippen LogP contribution >= 0.6 is 11.8 Å². The molecule has 1 aliphatic carbocycles. The number of fused-ring (bicyclic) bond motifs is 1. The van der Waals surface area contributed by atoms with E-state index in [1.165, 1.54) is 22.9 Å². The molecule has 1 N–H and O–H groups in total. The SMILES string of the molecule is Cc1cccc(-c2nnc(S[C@H](C)C(=O)N[C@H]3CCCc4ccccc43)o2)c1. The molecule has 1 aliphatic rings. The average molecular weight is 394 g/mol. The third-order valence-electron chi connectivity index (χ3n) is 5.00. The molecule has 2 atom stereocenters. The summed E-state index contributed by atoms with van der Waals surface area (Å²) in [6, 6.07) is 16.3. The average Bonchev–Trinajstić information content (AvgIpc) is 3.17. The van der Waals surface area contributed by atoms with E-state index < -0.39 is 0 Å². The molecule has 3 aromatic rings. The standard InChI is InChI=1S/C22H23N3O2S/c1-14-7-5-10-17(13-14)21-24-25-22(27-21)28-15(2)20(26)23-19-12-6-9-16-8-3-4-11-18(16)19/h3-5,7-8,10-11,13,15,19H,6,9,12H2,1-2H3,(H,23,26)/t15-,19+/m1/s1. The number of amides is 1. The van der Waals surface area contributed by atoms with Crippen LogP contribution in [0.2, 0.25) is 0 Å². The van der Waals surface area contributed by atoms with Gasteiger partial charge in [0.05, 0.1) is 11.3 Å². The number of carbonyl (C=O) groups excluding carboxylic acids is 1. The summed E-state index contributed by atoms with van der Waals surface area (Å²) in [4.78, 5) is 12.7. The second-order valence-corrected chi connectivity index (χ2v) is 8.45. The van der Waals surface area contributed by atoms with Gasteiger partial charge in [-0.3, -0.25) is 4.79 Å². The fraction of sp³-hybridized carbons (Fsp3) is 0.318. The summed E-state index contributed by atoms with van der Waals surface area (Å²) in [6.07, 6.45) is 3.14. The maximum absolute atomic E-state index is 12.7. The molecule has 1 amide bonds. The zero-order valence-corrected chi connectivity index (χ0v) is 16.8. The molecule has 0 radical (unpaired) electrons. The molecule has 144 valence electrons. The second kappa shape index (κ2) is 8.19. The molecular weight excluding hydrogens is 370 g/mol. The van der Waals surface area contributed by atoms with Crippen molar-refractivity contribution < 1.29 is 9.21 Å². The van der Waals surface area contributed by atoms with E-state index >= 15 is 0 Å². The van der Waals surface area contributed by atoms with Gasteiger partial charge in [-0.2, -0.15) is 0 Å². The largest absolute Gasteiger partial charge is 0.411 e. The summed E-state index contributed by atoms with van der Waals surface area (Å²) in [5.41, 5.74) is 4.58. The number of aromatic nitrogens is 2. The summed E-state index contributed by atoms with van der Waals surface area (Å²) >= 11 is 1.29. The van der Waals surface area contributed by atoms with Crippen LogP contribution in [-0.4, -0.2) is 21.4 Å². The van der Waals surface area contributed by atoms with Crippen molar-refractivity contribution >= 4 is 17.7 Å². The lowest BCUT2D eigenvalue weighted by Crippen LogP contribution is -2.35. The number of hydrogen-bond acceptors (Lipinski definition) is 5. The van der Waals surface area contributed by atoms with Gasteiger partial charge in [-0.05, 0) is 56.4 Å². The monoisotopic (exact) mass is 393 g/mol. The highest BCUT2D eigenvalue weighted by atomic mass is 32.2. The second-order valence-electron chi connectivity index (χ2n) is 7.15. The van der Waals surface area contributed by atoms with E-state index in [-0.39, 0.29) is 17.2 Å². The number of aryl methyl sites for hydroxylation is 2. The van der Waals surface area contributed by atoms with Gasteiger partial charge < -0.3 is 9.73 Å². The van der Waals surface area contributed by atoms with Crippen molar-refractivity contribution in [3.05, 3.63) is 65.2 Å². The van der Waals surface area contributed by atoms with Gasteiger partial charge in [0.2, 0.25) is 11.8 Å². The Morgan fingerprint density at radius 3 is 2.93 bits per heavy atom. The molecule has 4 rings (SSSR count). The first-order valence-corrected chi connectivity index (χ1v) is 10.4. The quantitative estimate of drug-likeness (QED) is 0.635. The number of thioether (sulfide) groups is 1. The topological polar surface area (TPSA) is 68.0 Å². The summed E-state index contributed by atoms with van der Waals surface area (Å²) in [7, 11) is 0. The summed E-state index contributed by atoms with van der Waals surface area (Å²) in [5.74, 6) is 0.460. The van der Waals surface area contributed by atoms with E-state index in [0.717, 1.165) is 30.4 Å². The molecule has 0 unspecified atom stereocenters. The van der Waals surface area contributed by atoms with Crippen LogP contribution in [0, 0.1) is 6.92 Å². The minimum atomic E-state index is -0.320. The molecule has 0 bridgehead atoms. The molecule has 1 aromatic heterocycles. The van der Waals surface area contributed by atoms with Crippen LogP contribution < -0.4 is 5.32 Å². The molecule has 0 aliphatic heterocycles. The van der Waals surface area contributed by atoms with E-state index in [1.807, 2.05) is 44.2 Å². The van der Waals surface area contributed by atoms with Crippen LogP contribution in [0.4, 0.5) is 0 Å². The van der Waals surface area contributed by atoms with E-state index in [2.05, 4.69) is 33.7 Å². The van der Waals surface area contributed by atoms with Crippen LogP contribution in [0.5, 0.6) is 0 Å². The van der Waals surface area contributed by atoms with Crippen LogP contribution in [0.1, 0.15) is 42.5 Å². The van der Waals surface area contributed by atoms with Crippen molar-refractivity contribution in [2.45, 2.75) is 49.6 Å². The smallest absolute Gasteiger partial charge is 0.277 e. The Labute approximate surface area is 168 Å². The van der Waals surface area contributed by atoms with Gasteiger partial charge in [-0.15, -0.1) is 10.2 Å². The highest BCUT2D eigenvalue weighted by Crippen LogP contribution is 2.31. The van der Waals surface area contributed by atoms with Gasteiger partial charge in [0.15, 0.2) is 0 Å². The molecular formula is C22H23N3O2S. The maximum atomic E-state index is 12.7. The number of rotatable bonds is 5. The minimum Gasteiger partial charge on any atom is -0.411 e. The Kier molecular flexibility index (Phi) is 5.48. The molecule has 0 fully saturated rings. The van der Waals surface area contributed by atoms with E-state index in [1.54, 1.807) is 0 Å². The zero-order chi connectivity index (χ0) is 19.5. The number of nitrogens with one attached hydrogen (secondary N) is 1. The molecule has 1 heterocycles. The first-order chi connectivity index (χ1) is 13.6. The highest BCUT2D eigenvalue weighted by Gasteiger charge is 2.25. The van der Waals surface area contributed by atoms with E-state index in [4.69, 9.17) is 4.42 Å². The van der Waals surface area contributed by atoms with Gasteiger partial charge in [0.1, 0.15) is 0 Å². The van der Waals surface area contributed by atoms with Crippen molar-refractivity contribution in [3.8, 4) is 11.5 Å². The molecule has 0 saturated heterocycles. The Morgan fingerprint density at radius 1 is 1.21 bits per heavy atom. The summed E-state index contributed by atoms with van der Waals surface area (Å²) in [5, 5.41) is 11.5. The molecule has 0 spiro atoms. The molecule has 6 heteroatoms. The summed E-state index contributed by atoms with van der Waals surface area (Å²) in [6.45, 7) is 3.89. The van der Waals surface area contributed by atoms with Crippen molar-refractivity contribution in [3.63, 3.8) is 0 Å². The predicted molar refractivity (Wildman–Crippen MR) is 110 cm³/mol. The lowest BCUT2D eigenvalue weighted by Gasteiger charge is -2.27. The summed E-state index contributed by atoms with van der Waals surface area (Å²) < 4.78 is 5.75. The van der Waals surface area contributed by atoms with E-state index in [0.29, 0.717) is 11.1 Å². The maximum Gasteiger partial charge on any atom is 0.277 e. The Balaban J connectivity index is 1.40. The van der Waals surface area contributed by atoms with Gasteiger partial charge in [0.25, 0.3) is 5.22 Å².